The van der Waals surface area contributed by atoms with Gasteiger partial charge in [0.15, 0.2) is 0 Å². The third-order valence-corrected chi connectivity index (χ3v) is 11.5. The predicted octanol–water partition coefficient (Wildman–Crippen LogP) is 14.6. The number of aryl methyl sites for hydroxylation is 6. The van der Waals surface area contributed by atoms with Crippen molar-refractivity contribution in [3.05, 3.63) is 178 Å². The summed E-state index contributed by atoms with van der Waals surface area (Å²) in [6.07, 6.45) is 3.28. The first-order valence-electron chi connectivity index (χ1n) is 19.1. The molecule has 0 aliphatic rings. The topological polar surface area (TPSA) is 6.48 Å². The number of benzene rings is 6. The van der Waals surface area contributed by atoms with E-state index in [0.717, 1.165) is 19.3 Å². The van der Waals surface area contributed by atoms with E-state index < -0.39 is 0 Å². The Bertz CT molecular complexity index is 1940. The van der Waals surface area contributed by atoms with Gasteiger partial charge in [0.1, 0.15) is 0 Å². The van der Waals surface area contributed by atoms with E-state index in [4.69, 9.17) is 0 Å². The van der Waals surface area contributed by atoms with Gasteiger partial charge in [0.2, 0.25) is 0 Å². The number of hydrogen-bond acceptors (Lipinski definition) is 2. The Morgan fingerprint density at radius 3 is 1.06 bits per heavy atom. The van der Waals surface area contributed by atoms with Gasteiger partial charge in [0.05, 0.1) is 0 Å². The summed E-state index contributed by atoms with van der Waals surface area (Å²) < 4.78 is 0. The summed E-state index contributed by atoms with van der Waals surface area (Å²) >= 11 is 0. The van der Waals surface area contributed by atoms with Crippen LogP contribution in [0.15, 0.2) is 133 Å². The zero-order chi connectivity index (χ0) is 37.0. The van der Waals surface area contributed by atoms with Crippen LogP contribution in [0.3, 0.4) is 0 Å². The maximum Gasteiger partial charge on any atom is 0.0464 e. The largest absolute Gasteiger partial charge is 0.310 e. The second kappa shape index (κ2) is 15.7. The van der Waals surface area contributed by atoms with Crippen molar-refractivity contribution in [3.8, 4) is 0 Å². The van der Waals surface area contributed by atoms with Crippen LogP contribution in [0.1, 0.15) is 84.5 Å². The van der Waals surface area contributed by atoms with Crippen molar-refractivity contribution < 1.29 is 0 Å². The first kappa shape index (κ1) is 36.7. The van der Waals surface area contributed by atoms with Crippen LogP contribution in [-0.4, -0.2) is 0 Å². The van der Waals surface area contributed by atoms with Gasteiger partial charge in [-0.25, -0.2) is 0 Å². The van der Waals surface area contributed by atoms with Gasteiger partial charge in [-0.15, -0.1) is 0 Å². The molecule has 1 unspecified atom stereocenters. The van der Waals surface area contributed by atoms with Gasteiger partial charge in [-0.1, -0.05) is 105 Å². The van der Waals surface area contributed by atoms with E-state index in [0.29, 0.717) is 5.92 Å². The Kier molecular flexibility index (Phi) is 11.1. The number of rotatable bonds is 12. The molecule has 6 aromatic rings. The molecule has 0 aromatic heterocycles. The highest BCUT2D eigenvalue weighted by Crippen LogP contribution is 2.47. The molecule has 0 saturated heterocycles. The van der Waals surface area contributed by atoms with Crippen molar-refractivity contribution in [2.75, 3.05) is 9.80 Å². The van der Waals surface area contributed by atoms with Gasteiger partial charge in [-0.05, 0) is 160 Å². The van der Waals surface area contributed by atoms with Crippen molar-refractivity contribution in [2.24, 2.45) is 5.92 Å². The molecule has 0 aliphatic carbocycles. The van der Waals surface area contributed by atoms with E-state index in [9.17, 15) is 0 Å². The molecular weight excluding hydrogens is 629 g/mol. The first-order valence-corrected chi connectivity index (χ1v) is 19.1. The van der Waals surface area contributed by atoms with Crippen molar-refractivity contribution in [1.82, 2.24) is 0 Å². The summed E-state index contributed by atoms with van der Waals surface area (Å²) in [7, 11) is 0. The highest BCUT2D eigenvalue weighted by molar-refractivity contribution is 5.79. The summed E-state index contributed by atoms with van der Waals surface area (Å²) in [6, 6.07) is 50.3. The number of nitrogens with zero attached hydrogens (tertiary/aromatic N) is 2. The molecular formula is C50H56N2. The van der Waals surface area contributed by atoms with Crippen LogP contribution in [-0.2, 0) is 5.41 Å². The fourth-order valence-electron chi connectivity index (χ4n) is 7.84. The normalized spacial score (nSPS) is 12.1. The van der Waals surface area contributed by atoms with Crippen molar-refractivity contribution >= 4 is 34.1 Å². The predicted molar refractivity (Wildman–Crippen MR) is 226 cm³/mol. The molecule has 0 N–H and O–H groups in total. The lowest BCUT2D eigenvalue weighted by Crippen LogP contribution is -2.35. The molecule has 0 heterocycles. The van der Waals surface area contributed by atoms with Crippen molar-refractivity contribution in [3.63, 3.8) is 0 Å². The van der Waals surface area contributed by atoms with E-state index in [2.05, 4.69) is 206 Å². The van der Waals surface area contributed by atoms with Gasteiger partial charge >= 0.3 is 0 Å². The highest BCUT2D eigenvalue weighted by atomic mass is 15.1. The molecule has 2 nitrogen and oxygen atoms in total. The molecule has 0 aliphatic heterocycles. The average molecular weight is 685 g/mol. The molecule has 0 spiro atoms. The Morgan fingerprint density at radius 1 is 0.423 bits per heavy atom. The van der Waals surface area contributed by atoms with Crippen LogP contribution in [0.25, 0.3) is 0 Å². The minimum absolute atomic E-state index is 0.120. The zero-order valence-electron chi connectivity index (χ0n) is 32.8. The second-order valence-electron chi connectivity index (χ2n) is 15.0. The van der Waals surface area contributed by atoms with E-state index >= 15 is 0 Å². The molecule has 6 aromatic carbocycles. The van der Waals surface area contributed by atoms with Gasteiger partial charge in [-0.3, -0.25) is 0 Å². The van der Waals surface area contributed by atoms with Gasteiger partial charge in [0.25, 0.3) is 0 Å². The molecule has 0 bridgehead atoms. The Balaban J connectivity index is 1.44. The molecule has 0 fully saturated rings. The van der Waals surface area contributed by atoms with Crippen LogP contribution in [0.2, 0.25) is 0 Å². The Hall–Kier alpha value is -5.08. The molecule has 6 rings (SSSR count). The lowest BCUT2D eigenvalue weighted by Gasteiger charge is -2.41. The van der Waals surface area contributed by atoms with E-state index in [-0.39, 0.29) is 5.41 Å². The monoisotopic (exact) mass is 684 g/mol. The lowest BCUT2D eigenvalue weighted by molar-refractivity contribution is 0.310. The SMILES string of the molecule is CCCC(c1ccc(N(c2ccc(C)cc2)c2ccc(C)c(C)c2)cc1)(c1ccc(N(c2ccc(C)cc2)c2ccc(C)c(C)c2)cc1)C(C)CC. The number of hydrogen-bond donors (Lipinski definition) is 0. The highest BCUT2D eigenvalue weighted by Gasteiger charge is 2.38. The maximum absolute atomic E-state index is 2.44. The summed E-state index contributed by atoms with van der Waals surface area (Å²) in [5, 5.41) is 0. The van der Waals surface area contributed by atoms with E-state index in [1.54, 1.807) is 0 Å². The standard InChI is InChI=1S/C50H56N2/c1-10-32-50(41(9)11-2,42-18-28-46(29-19-42)51(44-22-12-35(3)13-23-44)48-26-16-37(5)39(7)33-48)43-20-30-47(31-21-43)52(45-24-14-36(4)15-25-45)49-27-17-38(6)40(8)34-49/h12-31,33-34,41H,10-11,32H2,1-9H3. The number of anilines is 6. The third-order valence-electron chi connectivity index (χ3n) is 11.5. The molecule has 52 heavy (non-hydrogen) atoms. The molecule has 266 valence electrons. The fraction of sp³-hybridized carbons (Fsp3) is 0.280. The van der Waals surface area contributed by atoms with Crippen LogP contribution in [0, 0.1) is 47.5 Å². The van der Waals surface area contributed by atoms with Crippen LogP contribution < -0.4 is 9.80 Å². The van der Waals surface area contributed by atoms with Crippen LogP contribution in [0.5, 0.6) is 0 Å². The third kappa shape index (κ3) is 7.30. The summed E-state index contributed by atoms with van der Waals surface area (Å²) in [4.78, 5) is 4.78. The van der Waals surface area contributed by atoms with E-state index in [1.807, 2.05) is 0 Å². The van der Waals surface area contributed by atoms with Gasteiger partial charge in [0, 0.05) is 39.5 Å². The maximum atomic E-state index is 2.44. The Labute approximate surface area is 313 Å². The molecule has 0 radical (unpaired) electrons. The van der Waals surface area contributed by atoms with Crippen LogP contribution >= 0.6 is 0 Å². The van der Waals surface area contributed by atoms with Crippen molar-refractivity contribution in [1.29, 1.82) is 0 Å². The van der Waals surface area contributed by atoms with Crippen LogP contribution in [0.4, 0.5) is 34.1 Å². The summed E-state index contributed by atoms with van der Waals surface area (Å²) in [5.74, 6) is 0.449. The summed E-state index contributed by atoms with van der Waals surface area (Å²) in [5.41, 5.74) is 17.4. The van der Waals surface area contributed by atoms with Gasteiger partial charge in [-0.2, -0.15) is 0 Å². The quantitative estimate of drug-likeness (QED) is 0.127. The molecule has 1 atom stereocenters. The minimum atomic E-state index is -0.120. The molecule has 0 saturated carbocycles. The minimum Gasteiger partial charge on any atom is -0.310 e. The summed E-state index contributed by atoms with van der Waals surface area (Å²) in [6.45, 7) is 20.2. The average Bonchev–Trinajstić information content (AvgIpc) is 3.15. The molecule has 0 amide bonds. The lowest BCUT2D eigenvalue weighted by atomic mass is 9.63. The Morgan fingerprint density at radius 2 is 0.750 bits per heavy atom. The smallest absolute Gasteiger partial charge is 0.0464 e. The van der Waals surface area contributed by atoms with Gasteiger partial charge < -0.3 is 9.80 Å². The molecule has 2 heteroatoms. The first-order chi connectivity index (χ1) is 25.0. The fourth-order valence-corrected chi connectivity index (χ4v) is 7.84. The van der Waals surface area contributed by atoms with E-state index in [1.165, 1.54) is 78.6 Å². The van der Waals surface area contributed by atoms with Crippen molar-refractivity contribution in [2.45, 2.75) is 87.0 Å². The zero-order valence-corrected chi connectivity index (χ0v) is 32.8. The second-order valence-corrected chi connectivity index (χ2v) is 15.0.